The van der Waals surface area contributed by atoms with E-state index in [-0.39, 0.29) is 5.92 Å². The zero-order valence-corrected chi connectivity index (χ0v) is 19.0. The van der Waals surface area contributed by atoms with Crippen LogP contribution in [0.3, 0.4) is 0 Å². The molecule has 0 fully saturated rings. The van der Waals surface area contributed by atoms with Crippen LogP contribution in [0.4, 0.5) is 0 Å². The molecular weight excluding hydrogens is 336 g/mol. The maximum Gasteiger partial charge on any atom is 0.0355 e. The lowest BCUT2D eigenvalue weighted by Crippen LogP contribution is -2.14. The van der Waals surface area contributed by atoms with E-state index in [0.717, 1.165) is 0 Å². The monoisotopic (exact) mass is 370 g/mol. The summed E-state index contributed by atoms with van der Waals surface area (Å²) in [5.41, 5.74) is 16.8. The van der Waals surface area contributed by atoms with Gasteiger partial charge in [-0.3, -0.25) is 0 Å². The first-order valence-electron chi connectivity index (χ1n) is 10.3. The number of benzene rings is 3. The van der Waals surface area contributed by atoms with Crippen LogP contribution < -0.4 is 0 Å². The maximum atomic E-state index is 2.34. The molecule has 0 amide bonds. The third-order valence-electron chi connectivity index (χ3n) is 6.08. The predicted octanol–water partition coefficient (Wildman–Crippen LogP) is 7.64. The van der Waals surface area contributed by atoms with E-state index < -0.39 is 0 Å². The Bertz CT molecular complexity index is 844. The van der Waals surface area contributed by atoms with Gasteiger partial charge in [-0.2, -0.15) is 0 Å². The van der Waals surface area contributed by atoms with E-state index in [1.165, 1.54) is 66.8 Å². The van der Waals surface area contributed by atoms with Gasteiger partial charge in [0.25, 0.3) is 0 Å². The highest BCUT2D eigenvalue weighted by atomic mass is 14.3. The first-order chi connectivity index (χ1) is 13.1. The van der Waals surface area contributed by atoms with Gasteiger partial charge in [-0.15, -0.1) is 0 Å². The largest absolute Gasteiger partial charge is 0.0561 e. The van der Waals surface area contributed by atoms with Crippen LogP contribution in [0.1, 0.15) is 72.7 Å². The van der Waals surface area contributed by atoms with Crippen molar-refractivity contribution in [1.29, 1.82) is 0 Å². The first kappa shape index (κ1) is 20.4. The average molecular weight is 371 g/mol. The van der Waals surface area contributed by atoms with Gasteiger partial charge in [0.2, 0.25) is 0 Å². The van der Waals surface area contributed by atoms with Gasteiger partial charge in [0.15, 0.2) is 0 Å². The topological polar surface area (TPSA) is 0 Å². The highest BCUT2D eigenvalue weighted by Gasteiger charge is 2.27. The second kappa shape index (κ2) is 7.59. The third kappa shape index (κ3) is 3.65. The fourth-order valence-corrected chi connectivity index (χ4v) is 5.37. The zero-order chi connectivity index (χ0) is 20.7. The van der Waals surface area contributed by atoms with E-state index in [1.807, 2.05) is 0 Å². The molecule has 0 N–H and O–H groups in total. The molecule has 146 valence electrons. The minimum absolute atomic E-state index is 0.266. The molecule has 0 unspecified atom stereocenters. The van der Waals surface area contributed by atoms with Crippen molar-refractivity contribution in [2.75, 3.05) is 0 Å². The van der Waals surface area contributed by atoms with Crippen molar-refractivity contribution in [3.8, 4) is 0 Å². The fourth-order valence-electron chi connectivity index (χ4n) is 5.37. The molecule has 3 aromatic rings. The van der Waals surface area contributed by atoms with Crippen molar-refractivity contribution in [2.24, 2.45) is 0 Å². The Kier molecular flexibility index (Phi) is 5.53. The van der Waals surface area contributed by atoms with Crippen molar-refractivity contribution in [1.82, 2.24) is 0 Å². The summed E-state index contributed by atoms with van der Waals surface area (Å²) in [7, 11) is 0. The SMILES string of the molecule is Cc1cc(C)c(C(c2c(C)cc(C)cc2C)c2c(C)cc(C)cc2C)c(C)c1. The maximum absolute atomic E-state index is 2.34. The summed E-state index contributed by atoms with van der Waals surface area (Å²) in [6, 6.07) is 14.0. The van der Waals surface area contributed by atoms with E-state index in [0.29, 0.717) is 0 Å². The molecule has 3 aromatic carbocycles. The van der Waals surface area contributed by atoms with E-state index in [1.54, 1.807) is 0 Å². The molecule has 0 aliphatic heterocycles. The lowest BCUT2D eigenvalue weighted by molar-refractivity contribution is 0.898. The van der Waals surface area contributed by atoms with Crippen molar-refractivity contribution in [2.45, 2.75) is 68.2 Å². The van der Waals surface area contributed by atoms with Crippen LogP contribution >= 0.6 is 0 Å². The van der Waals surface area contributed by atoms with Crippen LogP contribution in [0.2, 0.25) is 0 Å². The fraction of sp³-hybridized carbons (Fsp3) is 0.357. The van der Waals surface area contributed by atoms with Gasteiger partial charge in [-0.1, -0.05) is 53.1 Å². The predicted molar refractivity (Wildman–Crippen MR) is 123 cm³/mol. The van der Waals surface area contributed by atoms with Crippen molar-refractivity contribution < 1.29 is 0 Å². The molecule has 0 aromatic heterocycles. The average Bonchev–Trinajstić information content (AvgIpc) is 2.51. The Morgan fingerprint density at radius 1 is 0.357 bits per heavy atom. The molecule has 0 saturated heterocycles. The van der Waals surface area contributed by atoms with Crippen LogP contribution in [0.25, 0.3) is 0 Å². The van der Waals surface area contributed by atoms with Crippen LogP contribution in [0.15, 0.2) is 36.4 Å². The quantitative estimate of drug-likeness (QED) is 0.415. The molecule has 0 bridgehead atoms. The molecular formula is C28H34. The van der Waals surface area contributed by atoms with E-state index >= 15 is 0 Å². The van der Waals surface area contributed by atoms with Gasteiger partial charge in [0, 0.05) is 5.92 Å². The number of hydrogen-bond acceptors (Lipinski definition) is 0. The summed E-state index contributed by atoms with van der Waals surface area (Å²) in [6.07, 6.45) is 0. The van der Waals surface area contributed by atoms with Crippen molar-refractivity contribution in [3.05, 3.63) is 103 Å². The Hall–Kier alpha value is -2.34. The summed E-state index contributed by atoms with van der Waals surface area (Å²) in [6.45, 7) is 20.3. The highest BCUT2D eigenvalue weighted by Crippen LogP contribution is 2.42. The molecule has 0 heterocycles. The Morgan fingerprint density at radius 3 is 0.714 bits per heavy atom. The summed E-state index contributed by atoms with van der Waals surface area (Å²) >= 11 is 0. The molecule has 3 rings (SSSR count). The van der Waals surface area contributed by atoms with E-state index in [4.69, 9.17) is 0 Å². The second-order valence-electron chi connectivity index (χ2n) is 8.87. The normalized spacial score (nSPS) is 11.4. The standard InChI is InChI=1S/C28H34/c1-16-10-19(4)25(20(5)11-16)28(26-21(6)12-17(2)13-22(26)7)27-23(8)14-18(3)15-24(27)9/h10-15,28H,1-9H3. The van der Waals surface area contributed by atoms with E-state index in [9.17, 15) is 0 Å². The molecule has 0 heteroatoms. The van der Waals surface area contributed by atoms with Crippen LogP contribution in [-0.4, -0.2) is 0 Å². The lowest BCUT2D eigenvalue weighted by Gasteiger charge is -2.29. The zero-order valence-electron chi connectivity index (χ0n) is 19.0. The number of rotatable bonds is 3. The van der Waals surface area contributed by atoms with Gasteiger partial charge in [-0.05, 0) is 112 Å². The molecule has 0 radical (unpaired) electrons. The summed E-state index contributed by atoms with van der Waals surface area (Å²) in [5.74, 6) is 0.266. The Balaban J connectivity index is 2.45. The molecule has 0 aliphatic carbocycles. The minimum Gasteiger partial charge on any atom is -0.0561 e. The van der Waals surface area contributed by atoms with Gasteiger partial charge in [0.05, 0.1) is 0 Å². The highest BCUT2D eigenvalue weighted by molar-refractivity contribution is 5.58. The molecule has 0 saturated carbocycles. The summed E-state index contributed by atoms with van der Waals surface area (Å²) < 4.78 is 0. The lowest BCUT2D eigenvalue weighted by atomic mass is 9.74. The van der Waals surface area contributed by atoms with Gasteiger partial charge in [-0.25, -0.2) is 0 Å². The second-order valence-corrected chi connectivity index (χ2v) is 8.87. The molecule has 0 spiro atoms. The van der Waals surface area contributed by atoms with Crippen LogP contribution in [0.5, 0.6) is 0 Å². The smallest absolute Gasteiger partial charge is 0.0355 e. The summed E-state index contributed by atoms with van der Waals surface area (Å²) in [4.78, 5) is 0. The third-order valence-corrected chi connectivity index (χ3v) is 6.08. The van der Waals surface area contributed by atoms with Gasteiger partial charge in [0.1, 0.15) is 0 Å². The Morgan fingerprint density at radius 2 is 0.536 bits per heavy atom. The van der Waals surface area contributed by atoms with E-state index in [2.05, 4.69) is 98.7 Å². The molecule has 0 aliphatic rings. The Labute approximate surface area is 171 Å². The first-order valence-corrected chi connectivity index (χ1v) is 10.3. The molecule has 0 nitrogen and oxygen atoms in total. The van der Waals surface area contributed by atoms with Crippen LogP contribution in [-0.2, 0) is 0 Å². The van der Waals surface area contributed by atoms with Crippen molar-refractivity contribution >= 4 is 0 Å². The van der Waals surface area contributed by atoms with Crippen molar-refractivity contribution in [3.63, 3.8) is 0 Å². The van der Waals surface area contributed by atoms with Gasteiger partial charge >= 0.3 is 0 Å². The molecule has 28 heavy (non-hydrogen) atoms. The number of hydrogen-bond donors (Lipinski definition) is 0. The van der Waals surface area contributed by atoms with Crippen LogP contribution in [0, 0.1) is 62.3 Å². The number of aryl methyl sites for hydroxylation is 9. The van der Waals surface area contributed by atoms with Gasteiger partial charge < -0.3 is 0 Å². The summed E-state index contributed by atoms with van der Waals surface area (Å²) in [5, 5.41) is 0. The minimum atomic E-state index is 0.266. The molecule has 0 atom stereocenters.